The van der Waals surface area contributed by atoms with E-state index in [1.165, 1.54) is 6.42 Å². The van der Waals surface area contributed by atoms with E-state index in [0.29, 0.717) is 12.1 Å². The van der Waals surface area contributed by atoms with Gasteiger partial charge in [-0.3, -0.25) is 9.78 Å². The third kappa shape index (κ3) is 2.12. The van der Waals surface area contributed by atoms with E-state index in [1.807, 2.05) is 25.1 Å². The van der Waals surface area contributed by atoms with E-state index in [9.17, 15) is 4.79 Å². The first-order valence-electron chi connectivity index (χ1n) is 6.71. The molecule has 4 unspecified atom stereocenters. The standard InChI is InChI=1S/C14H19N3O/c1-9(12-4-2-3-7-15-12)16-14(18)11-8-10-5-6-13(11)17-10/h2-4,7,9-11,13,17H,5-6,8H2,1H3,(H,16,18). The van der Waals surface area contributed by atoms with Crippen LogP contribution in [0.15, 0.2) is 24.4 Å². The van der Waals surface area contributed by atoms with Gasteiger partial charge >= 0.3 is 0 Å². The van der Waals surface area contributed by atoms with Gasteiger partial charge in [-0.1, -0.05) is 6.07 Å². The molecule has 18 heavy (non-hydrogen) atoms. The van der Waals surface area contributed by atoms with Crippen molar-refractivity contribution in [1.82, 2.24) is 15.6 Å². The number of aromatic nitrogens is 1. The van der Waals surface area contributed by atoms with E-state index in [4.69, 9.17) is 0 Å². The highest BCUT2D eigenvalue weighted by molar-refractivity contribution is 5.80. The molecule has 0 aromatic carbocycles. The molecule has 0 saturated carbocycles. The summed E-state index contributed by atoms with van der Waals surface area (Å²) in [5.41, 5.74) is 0.918. The fourth-order valence-corrected chi connectivity index (χ4v) is 3.14. The van der Waals surface area contributed by atoms with Crippen molar-refractivity contribution in [3.8, 4) is 0 Å². The molecule has 1 aromatic heterocycles. The lowest BCUT2D eigenvalue weighted by Gasteiger charge is -2.22. The largest absolute Gasteiger partial charge is 0.348 e. The zero-order valence-electron chi connectivity index (χ0n) is 10.6. The quantitative estimate of drug-likeness (QED) is 0.846. The monoisotopic (exact) mass is 245 g/mol. The van der Waals surface area contributed by atoms with Gasteiger partial charge in [-0.05, 0) is 38.3 Å². The van der Waals surface area contributed by atoms with Crippen molar-refractivity contribution in [2.75, 3.05) is 0 Å². The second kappa shape index (κ2) is 4.69. The van der Waals surface area contributed by atoms with Crippen LogP contribution < -0.4 is 10.6 Å². The van der Waals surface area contributed by atoms with Gasteiger partial charge in [-0.25, -0.2) is 0 Å². The van der Waals surface area contributed by atoms with Crippen molar-refractivity contribution in [2.45, 2.75) is 44.3 Å². The lowest BCUT2D eigenvalue weighted by molar-refractivity contribution is -0.126. The predicted octanol–water partition coefficient (Wildman–Crippen LogP) is 1.40. The van der Waals surface area contributed by atoms with Gasteiger partial charge in [0.15, 0.2) is 0 Å². The molecule has 4 nitrogen and oxygen atoms in total. The Balaban J connectivity index is 1.61. The Morgan fingerprint density at radius 2 is 2.39 bits per heavy atom. The Bertz CT molecular complexity index is 434. The van der Waals surface area contributed by atoms with Gasteiger partial charge in [0.05, 0.1) is 17.7 Å². The molecule has 1 amide bonds. The maximum absolute atomic E-state index is 12.2. The van der Waals surface area contributed by atoms with Gasteiger partial charge in [-0.15, -0.1) is 0 Å². The van der Waals surface area contributed by atoms with Crippen LogP contribution in [0.4, 0.5) is 0 Å². The van der Waals surface area contributed by atoms with Crippen LogP contribution in [0.25, 0.3) is 0 Å². The number of rotatable bonds is 3. The average Bonchev–Trinajstić information content (AvgIpc) is 3.02. The highest BCUT2D eigenvalue weighted by atomic mass is 16.2. The molecule has 0 radical (unpaired) electrons. The Labute approximate surface area is 107 Å². The first kappa shape index (κ1) is 11.7. The molecule has 0 spiro atoms. The maximum Gasteiger partial charge on any atom is 0.225 e. The highest BCUT2D eigenvalue weighted by Gasteiger charge is 2.42. The summed E-state index contributed by atoms with van der Waals surface area (Å²) in [5.74, 6) is 0.322. The molecular formula is C14H19N3O. The minimum absolute atomic E-state index is 0.0159. The molecule has 2 fully saturated rings. The van der Waals surface area contributed by atoms with Crippen LogP contribution in [0.3, 0.4) is 0 Å². The first-order chi connectivity index (χ1) is 8.74. The van der Waals surface area contributed by atoms with Crippen molar-refractivity contribution in [3.05, 3.63) is 30.1 Å². The van der Waals surface area contributed by atoms with Crippen LogP contribution in [-0.2, 0) is 4.79 Å². The maximum atomic E-state index is 12.2. The molecular weight excluding hydrogens is 226 g/mol. The molecule has 2 aliphatic heterocycles. The Morgan fingerprint density at radius 3 is 3.00 bits per heavy atom. The van der Waals surface area contributed by atoms with Gasteiger partial charge in [0.1, 0.15) is 0 Å². The number of hydrogen-bond acceptors (Lipinski definition) is 3. The zero-order valence-corrected chi connectivity index (χ0v) is 10.6. The summed E-state index contributed by atoms with van der Waals surface area (Å²) in [6.07, 6.45) is 5.12. The van der Waals surface area contributed by atoms with E-state index >= 15 is 0 Å². The van der Waals surface area contributed by atoms with Gasteiger partial charge in [-0.2, -0.15) is 0 Å². The fourth-order valence-electron chi connectivity index (χ4n) is 3.14. The van der Waals surface area contributed by atoms with Gasteiger partial charge in [0.25, 0.3) is 0 Å². The third-order valence-corrected chi connectivity index (χ3v) is 4.13. The van der Waals surface area contributed by atoms with Crippen molar-refractivity contribution in [3.63, 3.8) is 0 Å². The number of carbonyl (C=O) groups is 1. The molecule has 3 rings (SSSR count). The van der Waals surface area contributed by atoms with E-state index in [0.717, 1.165) is 18.5 Å². The molecule has 4 atom stereocenters. The van der Waals surface area contributed by atoms with Crippen molar-refractivity contribution in [1.29, 1.82) is 0 Å². The Morgan fingerprint density at radius 1 is 1.50 bits per heavy atom. The summed E-state index contributed by atoms with van der Waals surface area (Å²) in [6.45, 7) is 1.99. The average molecular weight is 245 g/mol. The second-order valence-corrected chi connectivity index (χ2v) is 5.37. The van der Waals surface area contributed by atoms with Gasteiger partial charge in [0, 0.05) is 18.3 Å². The number of nitrogens with zero attached hydrogens (tertiary/aromatic N) is 1. The number of nitrogens with one attached hydrogen (secondary N) is 2. The predicted molar refractivity (Wildman–Crippen MR) is 68.8 cm³/mol. The van der Waals surface area contributed by atoms with Crippen LogP contribution in [0.2, 0.25) is 0 Å². The smallest absolute Gasteiger partial charge is 0.225 e. The summed E-state index contributed by atoms with van der Waals surface area (Å²) < 4.78 is 0. The molecule has 3 heterocycles. The van der Waals surface area contributed by atoms with Crippen molar-refractivity contribution >= 4 is 5.91 Å². The number of fused-ring (bicyclic) bond motifs is 2. The fraction of sp³-hybridized carbons (Fsp3) is 0.571. The summed E-state index contributed by atoms with van der Waals surface area (Å²) in [7, 11) is 0. The van der Waals surface area contributed by atoms with Crippen LogP contribution in [0, 0.1) is 5.92 Å². The molecule has 1 aromatic rings. The highest BCUT2D eigenvalue weighted by Crippen LogP contribution is 2.33. The summed E-state index contributed by atoms with van der Waals surface area (Å²) in [4.78, 5) is 16.5. The molecule has 2 saturated heterocycles. The van der Waals surface area contributed by atoms with Gasteiger partial charge < -0.3 is 10.6 Å². The zero-order chi connectivity index (χ0) is 12.5. The number of carbonyl (C=O) groups excluding carboxylic acids is 1. The Hall–Kier alpha value is -1.42. The lowest BCUT2D eigenvalue weighted by atomic mass is 9.88. The molecule has 2 aliphatic rings. The van der Waals surface area contributed by atoms with E-state index < -0.39 is 0 Å². The van der Waals surface area contributed by atoms with E-state index in [2.05, 4.69) is 15.6 Å². The topological polar surface area (TPSA) is 54.0 Å². The van der Waals surface area contributed by atoms with Crippen LogP contribution >= 0.6 is 0 Å². The van der Waals surface area contributed by atoms with Crippen LogP contribution in [0.1, 0.15) is 37.9 Å². The minimum Gasteiger partial charge on any atom is -0.348 e. The van der Waals surface area contributed by atoms with E-state index in [1.54, 1.807) is 6.20 Å². The van der Waals surface area contributed by atoms with Crippen molar-refractivity contribution in [2.24, 2.45) is 5.92 Å². The third-order valence-electron chi connectivity index (χ3n) is 4.13. The summed E-state index contributed by atoms with van der Waals surface area (Å²) in [5, 5.41) is 6.58. The molecule has 2 bridgehead atoms. The van der Waals surface area contributed by atoms with Crippen LogP contribution in [0.5, 0.6) is 0 Å². The molecule has 0 aliphatic carbocycles. The summed E-state index contributed by atoms with van der Waals surface area (Å²) >= 11 is 0. The number of hydrogen-bond donors (Lipinski definition) is 2. The molecule has 96 valence electrons. The van der Waals surface area contributed by atoms with Crippen molar-refractivity contribution < 1.29 is 4.79 Å². The first-order valence-corrected chi connectivity index (χ1v) is 6.71. The van der Waals surface area contributed by atoms with Crippen LogP contribution in [-0.4, -0.2) is 23.0 Å². The Kier molecular flexibility index (Phi) is 3.04. The normalized spacial score (nSPS) is 31.3. The number of amides is 1. The molecule has 2 N–H and O–H groups in total. The SMILES string of the molecule is CC(NC(=O)C1CC2CCC1N2)c1ccccn1. The van der Waals surface area contributed by atoms with Gasteiger partial charge in [0.2, 0.25) is 5.91 Å². The molecule has 4 heteroatoms. The van der Waals surface area contributed by atoms with E-state index in [-0.39, 0.29) is 17.9 Å². The minimum atomic E-state index is -0.0159. The number of pyridine rings is 1. The lowest BCUT2D eigenvalue weighted by Crippen LogP contribution is -2.38. The second-order valence-electron chi connectivity index (χ2n) is 5.37. The summed E-state index contributed by atoms with van der Waals surface area (Å²) in [6, 6.07) is 6.73.